The number of aryl methyl sites for hydroxylation is 1. The molecule has 0 amide bonds. The van der Waals surface area contributed by atoms with E-state index in [9.17, 15) is 0 Å². The van der Waals surface area contributed by atoms with Gasteiger partial charge in [0.25, 0.3) is 5.89 Å². The lowest BCUT2D eigenvalue weighted by molar-refractivity contribution is -0.0448. The lowest BCUT2D eigenvalue weighted by Gasteiger charge is -2.23. The fourth-order valence-corrected chi connectivity index (χ4v) is 4.10. The SMILES string of the molecule is NC12CCC(c3nc(CCc4c(Cl)cccc4Cl)no3)(C1)OC2. The van der Waals surface area contributed by atoms with Gasteiger partial charge in [0, 0.05) is 28.4 Å². The number of ether oxygens (including phenoxy) is 1. The molecule has 2 bridgehead atoms. The maximum absolute atomic E-state index is 6.25. The van der Waals surface area contributed by atoms with Crippen molar-refractivity contribution in [1.29, 1.82) is 0 Å². The highest BCUT2D eigenvalue weighted by Gasteiger charge is 2.57. The number of nitrogens with two attached hydrogens (primary N) is 1. The Hall–Kier alpha value is -1.14. The molecule has 1 aliphatic heterocycles. The molecule has 2 atom stereocenters. The van der Waals surface area contributed by atoms with Gasteiger partial charge in [0.2, 0.25) is 0 Å². The van der Waals surface area contributed by atoms with E-state index in [1.165, 1.54) is 0 Å². The molecule has 2 unspecified atom stereocenters. The number of fused-ring (bicyclic) bond motifs is 2. The molecule has 4 rings (SSSR count). The molecule has 2 fully saturated rings. The average Bonchev–Trinajstić information content (AvgIpc) is 3.19. The number of benzene rings is 1. The van der Waals surface area contributed by atoms with Gasteiger partial charge in [-0.3, -0.25) is 0 Å². The number of rotatable bonds is 4. The van der Waals surface area contributed by atoms with Gasteiger partial charge in [0.05, 0.1) is 6.61 Å². The fraction of sp³-hybridized carbons (Fsp3) is 0.500. The molecule has 122 valence electrons. The van der Waals surface area contributed by atoms with Crippen molar-refractivity contribution in [2.24, 2.45) is 5.73 Å². The summed E-state index contributed by atoms with van der Waals surface area (Å²) in [5.41, 5.74) is 6.43. The third-order valence-corrected chi connectivity index (χ3v) is 5.53. The van der Waals surface area contributed by atoms with E-state index >= 15 is 0 Å². The van der Waals surface area contributed by atoms with Gasteiger partial charge < -0.3 is 15.0 Å². The van der Waals surface area contributed by atoms with E-state index in [1.54, 1.807) is 0 Å². The summed E-state index contributed by atoms with van der Waals surface area (Å²) in [6.07, 6.45) is 3.78. The van der Waals surface area contributed by atoms with Crippen LogP contribution in [0.2, 0.25) is 10.0 Å². The van der Waals surface area contributed by atoms with Crippen LogP contribution in [0.5, 0.6) is 0 Å². The Balaban J connectivity index is 1.49. The smallest absolute Gasteiger partial charge is 0.258 e. The molecule has 1 aromatic heterocycles. The lowest BCUT2D eigenvalue weighted by Crippen LogP contribution is -2.38. The van der Waals surface area contributed by atoms with E-state index in [0.29, 0.717) is 41.2 Å². The van der Waals surface area contributed by atoms with Crippen molar-refractivity contribution in [3.05, 3.63) is 45.5 Å². The first-order valence-corrected chi connectivity index (χ1v) is 8.44. The summed E-state index contributed by atoms with van der Waals surface area (Å²) in [5, 5.41) is 5.39. The Labute approximate surface area is 144 Å². The van der Waals surface area contributed by atoms with Gasteiger partial charge in [-0.2, -0.15) is 4.98 Å². The van der Waals surface area contributed by atoms with Crippen molar-refractivity contribution in [3.8, 4) is 0 Å². The van der Waals surface area contributed by atoms with Crippen LogP contribution in [0.15, 0.2) is 22.7 Å². The second kappa shape index (κ2) is 5.45. The maximum atomic E-state index is 6.25. The van der Waals surface area contributed by atoms with Crippen LogP contribution >= 0.6 is 23.2 Å². The van der Waals surface area contributed by atoms with Crippen LogP contribution in [0.1, 0.15) is 36.5 Å². The topological polar surface area (TPSA) is 74.2 Å². The fourth-order valence-electron chi connectivity index (χ4n) is 3.52. The summed E-state index contributed by atoms with van der Waals surface area (Å²) in [6.45, 7) is 0.556. The van der Waals surface area contributed by atoms with Gasteiger partial charge in [-0.25, -0.2) is 0 Å². The third kappa shape index (κ3) is 2.66. The lowest BCUT2D eigenvalue weighted by atomic mass is 10.00. The number of nitrogens with zero attached hydrogens (tertiary/aromatic N) is 2. The molecule has 1 aliphatic carbocycles. The van der Waals surface area contributed by atoms with Crippen LogP contribution in [-0.4, -0.2) is 22.3 Å². The molecule has 2 aliphatic rings. The highest BCUT2D eigenvalue weighted by Crippen LogP contribution is 2.51. The molecule has 5 nitrogen and oxygen atoms in total. The first kappa shape index (κ1) is 15.4. The zero-order chi connectivity index (χ0) is 16.1. The van der Waals surface area contributed by atoms with Crippen LogP contribution in [0.4, 0.5) is 0 Å². The van der Waals surface area contributed by atoms with Crippen molar-refractivity contribution in [2.75, 3.05) is 6.61 Å². The average molecular weight is 354 g/mol. The molecular formula is C16H17Cl2N3O2. The van der Waals surface area contributed by atoms with Crippen LogP contribution < -0.4 is 5.73 Å². The number of hydrogen-bond donors (Lipinski definition) is 1. The summed E-state index contributed by atoms with van der Waals surface area (Å²) in [5.74, 6) is 1.18. The van der Waals surface area contributed by atoms with Gasteiger partial charge in [0.15, 0.2) is 5.82 Å². The minimum Gasteiger partial charge on any atom is -0.363 e. The summed E-state index contributed by atoms with van der Waals surface area (Å²) in [7, 11) is 0. The predicted octanol–water partition coefficient (Wildman–Crippen LogP) is 3.27. The molecular weight excluding hydrogens is 337 g/mol. The quantitative estimate of drug-likeness (QED) is 0.912. The molecule has 2 heterocycles. The molecule has 0 spiro atoms. The standard InChI is InChI=1S/C16H17Cl2N3O2/c17-11-2-1-3-12(18)10(11)4-5-13-20-14(23-21-13)16-7-6-15(19,8-16)9-22-16/h1-3H,4-9,19H2. The predicted molar refractivity (Wildman–Crippen MR) is 86.6 cm³/mol. The Morgan fingerprint density at radius 1 is 1.17 bits per heavy atom. The van der Waals surface area contributed by atoms with Gasteiger partial charge in [-0.05, 0) is 37.0 Å². The van der Waals surface area contributed by atoms with Crippen molar-refractivity contribution >= 4 is 23.2 Å². The number of hydrogen-bond acceptors (Lipinski definition) is 5. The van der Waals surface area contributed by atoms with Crippen LogP contribution in [-0.2, 0) is 23.2 Å². The van der Waals surface area contributed by atoms with E-state index < -0.39 is 5.60 Å². The van der Waals surface area contributed by atoms with Gasteiger partial charge in [-0.1, -0.05) is 34.4 Å². The zero-order valence-electron chi connectivity index (χ0n) is 12.5. The zero-order valence-corrected chi connectivity index (χ0v) is 14.0. The first-order valence-electron chi connectivity index (χ1n) is 7.69. The molecule has 1 aromatic carbocycles. The third-order valence-electron chi connectivity index (χ3n) is 4.82. The second-order valence-electron chi connectivity index (χ2n) is 6.54. The van der Waals surface area contributed by atoms with Gasteiger partial charge in [0.1, 0.15) is 5.60 Å². The molecule has 2 N–H and O–H groups in total. The maximum Gasteiger partial charge on any atom is 0.258 e. The number of aromatic nitrogens is 2. The van der Waals surface area contributed by atoms with Crippen molar-refractivity contribution in [2.45, 2.75) is 43.2 Å². The molecule has 2 aromatic rings. The van der Waals surface area contributed by atoms with E-state index in [0.717, 1.165) is 24.8 Å². The second-order valence-corrected chi connectivity index (χ2v) is 7.35. The summed E-state index contributed by atoms with van der Waals surface area (Å²) >= 11 is 12.4. The normalized spacial score (nSPS) is 29.3. The Bertz CT molecular complexity index is 718. The summed E-state index contributed by atoms with van der Waals surface area (Å²) in [4.78, 5) is 4.52. The van der Waals surface area contributed by atoms with Crippen LogP contribution in [0.25, 0.3) is 0 Å². The molecule has 1 saturated heterocycles. The minimum absolute atomic E-state index is 0.236. The molecule has 0 radical (unpaired) electrons. The van der Waals surface area contributed by atoms with Crippen molar-refractivity contribution < 1.29 is 9.26 Å². The molecule has 7 heteroatoms. The van der Waals surface area contributed by atoms with E-state index in [1.807, 2.05) is 18.2 Å². The van der Waals surface area contributed by atoms with Crippen LogP contribution in [0.3, 0.4) is 0 Å². The highest BCUT2D eigenvalue weighted by atomic mass is 35.5. The molecule has 1 saturated carbocycles. The summed E-state index contributed by atoms with van der Waals surface area (Å²) < 4.78 is 11.3. The van der Waals surface area contributed by atoms with Gasteiger partial charge >= 0.3 is 0 Å². The summed E-state index contributed by atoms with van der Waals surface area (Å²) in [6, 6.07) is 5.49. The first-order chi connectivity index (χ1) is 11.0. The van der Waals surface area contributed by atoms with E-state index in [2.05, 4.69) is 10.1 Å². The Morgan fingerprint density at radius 2 is 1.96 bits per heavy atom. The monoisotopic (exact) mass is 353 g/mol. The highest BCUT2D eigenvalue weighted by molar-refractivity contribution is 6.35. The van der Waals surface area contributed by atoms with E-state index in [-0.39, 0.29) is 5.54 Å². The van der Waals surface area contributed by atoms with Crippen molar-refractivity contribution in [1.82, 2.24) is 10.1 Å². The largest absolute Gasteiger partial charge is 0.363 e. The number of halogens is 2. The van der Waals surface area contributed by atoms with E-state index in [4.69, 9.17) is 38.2 Å². The van der Waals surface area contributed by atoms with Crippen LogP contribution in [0, 0.1) is 0 Å². The molecule has 23 heavy (non-hydrogen) atoms. The Morgan fingerprint density at radius 3 is 2.57 bits per heavy atom. The Kier molecular flexibility index (Phi) is 3.65. The van der Waals surface area contributed by atoms with Crippen molar-refractivity contribution in [3.63, 3.8) is 0 Å². The van der Waals surface area contributed by atoms with Gasteiger partial charge in [-0.15, -0.1) is 0 Å². The minimum atomic E-state index is -0.484.